The first-order valence-electron chi connectivity index (χ1n) is 7.89. The van der Waals surface area contributed by atoms with Crippen molar-refractivity contribution in [1.29, 1.82) is 0 Å². The molecule has 0 spiro atoms. The van der Waals surface area contributed by atoms with Crippen LogP contribution in [-0.4, -0.2) is 66.3 Å². The summed E-state index contributed by atoms with van der Waals surface area (Å²) >= 11 is 3.37. The third-order valence-corrected chi connectivity index (χ3v) is 4.78. The fourth-order valence-corrected chi connectivity index (χ4v) is 3.43. The van der Waals surface area contributed by atoms with Gasteiger partial charge in [0.25, 0.3) is 0 Å². The maximum atomic E-state index is 12.1. The standard InChI is InChI=1S/C16H19BrN4O3/c17-11-2-1-3-12(8-11)19-14(22)4-5-20-6-7-21-13(10-20)9-18-15(23)16(21)24/h1-3,8,13H,4-7,9-10H2,(H,18,23)(H,19,22)/t13-/m0/s1. The minimum Gasteiger partial charge on any atom is -0.346 e. The van der Waals surface area contributed by atoms with Crippen LogP contribution < -0.4 is 10.6 Å². The van der Waals surface area contributed by atoms with Crippen LogP contribution in [0.3, 0.4) is 0 Å². The molecule has 3 amide bonds. The quantitative estimate of drug-likeness (QED) is 0.725. The van der Waals surface area contributed by atoms with Crippen LogP contribution in [0.4, 0.5) is 5.69 Å². The van der Waals surface area contributed by atoms with E-state index in [2.05, 4.69) is 31.5 Å². The predicted molar refractivity (Wildman–Crippen MR) is 92.3 cm³/mol. The number of hydrogen-bond donors (Lipinski definition) is 2. The van der Waals surface area contributed by atoms with Crippen LogP contribution in [-0.2, 0) is 14.4 Å². The third-order valence-electron chi connectivity index (χ3n) is 4.28. The molecule has 2 fully saturated rings. The second kappa shape index (κ2) is 7.31. The van der Waals surface area contributed by atoms with Gasteiger partial charge in [-0.15, -0.1) is 0 Å². The fraction of sp³-hybridized carbons (Fsp3) is 0.438. The van der Waals surface area contributed by atoms with E-state index in [0.717, 1.165) is 10.2 Å². The second-order valence-corrected chi connectivity index (χ2v) is 6.89. The summed E-state index contributed by atoms with van der Waals surface area (Å²) in [4.78, 5) is 39.0. The minimum absolute atomic E-state index is 0.00269. The van der Waals surface area contributed by atoms with Gasteiger partial charge in [-0.1, -0.05) is 22.0 Å². The molecular formula is C16H19BrN4O3. The van der Waals surface area contributed by atoms with Gasteiger partial charge in [0.15, 0.2) is 0 Å². The molecule has 24 heavy (non-hydrogen) atoms. The smallest absolute Gasteiger partial charge is 0.312 e. The van der Waals surface area contributed by atoms with Crippen molar-refractivity contribution < 1.29 is 14.4 Å². The van der Waals surface area contributed by atoms with Gasteiger partial charge in [-0.3, -0.25) is 19.3 Å². The van der Waals surface area contributed by atoms with Crippen LogP contribution in [0, 0.1) is 0 Å². The summed E-state index contributed by atoms with van der Waals surface area (Å²) in [6.07, 6.45) is 0.388. The summed E-state index contributed by atoms with van der Waals surface area (Å²) in [5.41, 5.74) is 0.764. The van der Waals surface area contributed by atoms with E-state index in [4.69, 9.17) is 0 Å². The van der Waals surface area contributed by atoms with Crippen LogP contribution in [0.1, 0.15) is 6.42 Å². The molecule has 8 heteroatoms. The fourth-order valence-electron chi connectivity index (χ4n) is 3.03. The Labute approximate surface area is 148 Å². The molecule has 2 saturated heterocycles. The summed E-state index contributed by atoms with van der Waals surface area (Å²) in [6, 6.07) is 7.47. The Balaban J connectivity index is 1.47. The molecule has 0 radical (unpaired) electrons. The van der Waals surface area contributed by atoms with E-state index in [-0.39, 0.29) is 11.9 Å². The van der Waals surface area contributed by atoms with Gasteiger partial charge in [-0.25, -0.2) is 0 Å². The number of carbonyl (C=O) groups excluding carboxylic acids is 3. The molecule has 2 heterocycles. The van der Waals surface area contributed by atoms with E-state index in [1.165, 1.54) is 0 Å². The zero-order chi connectivity index (χ0) is 17.1. The van der Waals surface area contributed by atoms with Crippen molar-refractivity contribution in [3.8, 4) is 0 Å². The van der Waals surface area contributed by atoms with E-state index in [0.29, 0.717) is 39.1 Å². The lowest BCUT2D eigenvalue weighted by atomic mass is 10.1. The number of benzene rings is 1. The first-order valence-corrected chi connectivity index (χ1v) is 8.69. The Bertz CT molecular complexity index is 666. The Morgan fingerprint density at radius 3 is 2.96 bits per heavy atom. The topological polar surface area (TPSA) is 81.8 Å². The first-order chi connectivity index (χ1) is 11.5. The maximum Gasteiger partial charge on any atom is 0.312 e. The monoisotopic (exact) mass is 394 g/mol. The number of halogens is 1. The molecule has 0 bridgehead atoms. The molecule has 0 aliphatic carbocycles. The number of carbonyl (C=O) groups is 3. The van der Waals surface area contributed by atoms with Crippen molar-refractivity contribution >= 4 is 39.3 Å². The van der Waals surface area contributed by atoms with E-state index in [1.807, 2.05) is 24.3 Å². The zero-order valence-corrected chi connectivity index (χ0v) is 14.7. The summed E-state index contributed by atoms with van der Waals surface area (Å²) in [5, 5.41) is 5.49. The van der Waals surface area contributed by atoms with E-state index in [1.54, 1.807) is 4.90 Å². The number of nitrogens with zero attached hydrogens (tertiary/aromatic N) is 2. The largest absolute Gasteiger partial charge is 0.346 e. The van der Waals surface area contributed by atoms with E-state index in [9.17, 15) is 14.4 Å². The van der Waals surface area contributed by atoms with Crippen molar-refractivity contribution in [2.24, 2.45) is 0 Å². The number of nitrogens with one attached hydrogen (secondary N) is 2. The third kappa shape index (κ3) is 3.93. The highest BCUT2D eigenvalue weighted by atomic mass is 79.9. The number of amides is 3. The molecule has 2 aliphatic heterocycles. The molecule has 1 aromatic carbocycles. The van der Waals surface area contributed by atoms with Crippen LogP contribution in [0.25, 0.3) is 0 Å². The summed E-state index contributed by atoms with van der Waals surface area (Å²) in [5.74, 6) is -1.00. The minimum atomic E-state index is -0.520. The van der Waals surface area contributed by atoms with Crippen molar-refractivity contribution in [3.63, 3.8) is 0 Å². The van der Waals surface area contributed by atoms with Gasteiger partial charge in [0.1, 0.15) is 0 Å². The molecule has 0 saturated carbocycles. The lowest BCUT2D eigenvalue weighted by molar-refractivity contribution is -0.152. The van der Waals surface area contributed by atoms with Gasteiger partial charge < -0.3 is 15.5 Å². The molecule has 1 atom stereocenters. The molecule has 2 aliphatic rings. The van der Waals surface area contributed by atoms with Crippen LogP contribution >= 0.6 is 15.9 Å². The molecule has 0 aromatic heterocycles. The average molecular weight is 395 g/mol. The van der Waals surface area contributed by atoms with Gasteiger partial charge in [-0.05, 0) is 18.2 Å². The predicted octanol–water partition coefficient (Wildman–Crippen LogP) is 0.420. The number of piperazine rings is 2. The van der Waals surface area contributed by atoms with E-state index < -0.39 is 11.8 Å². The van der Waals surface area contributed by atoms with Crippen molar-refractivity contribution in [1.82, 2.24) is 15.1 Å². The van der Waals surface area contributed by atoms with Crippen LogP contribution in [0.2, 0.25) is 0 Å². The van der Waals surface area contributed by atoms with Crippen LogP contribution in [0.5, 0.6) is 0 Å². The summed E-state index contributed by atoms with van der Waals surface area (Å²) in [7, 11) is 0. The molecule has 3 rings (SSSR count). The number of fused-ring (bicyclic) bond motifs is 1. The van der Waals surface area contributed by atoms with Gasteiger partial charge in [0, 0.05) is 49.3 Å². The molecule has 7 nitrogen and oxygen atoms in total. The first kappa shape index (κ1) is 16.9. The molecule has 1 aromatic rings. The molecule has 0 unspecified atom stereocenters. The lowest BCUT2D eigenvalue weighted by Gasteiger charge is -2.43. The summed E-state index contributed by atoms with van der Waals surface area (Å²) in [6.45, 7) is 3.00. The van der Waals surface area contributed by atoms with Gasteiger partial charge >= 0.3 is 11.8 Å². The Morgan fingerprint density at radius 2 is 2.17 bits per heavy atom. The highest BCUT2D eigenvalue weighted by Crippen LogP contribution is 2.16. The van der Waals surface area contributed by atoms with Crippen LogP contribution in [0.15, 0.2) is 28.7 Å². The highest BCUT2D eigenvalue weighted by Gasteiger charge is 2.37. The van der Waals surface area contributed by atoms with Crippen molar-refractivity contribution in [2.75, 3.05) is 38.0 Å². The van der Waals surface area contributed by atoms with E-state index >= 15 is 0 Å². The zero-order valence-electron chi connectivity index (χ0n) is 13.1. The molecular weight excluding hydrogens is 376 g/mol. The number of anilines is 1. The number of hydrogen-bond acceptors (Lipinski definition) is 4. The average Bonchev–Trinajstić information content (AvgIpc) is 2.56. The number of rotatable bonds is 4. The maximum absolute atomic E-state index is 12.1. The SMILES string of the molecule is O=C(CCN1CCN2C(=O)C(=O)NC[C@H]2C1)Nc1cccc(Br)c1. The van der Waals surface area contributed by atoms with Crippen molar-refractivity contribution in [3.05, 3.63) is 28.7 Å². The summed E-state index contributed by atoms with van der Waals surface area (Å²) < 4.78 is 0.917. The Hall–Kier alpha value is -1.93. The lowest BCUT2D eigenvalue weighted by Crippen LogP contribution is -2.65. The Kier molecular flexibility index (Phi) is 5.15. The van der Waals surface area contributed by atoms with Gasteiger partial charge in [0.05, 0.1) is 6.04 Å². The van der Waals surface area contributed by atoms with Crippen molar-refractivity contribution in [2.45, 2.75) is 12.5 Å². The van der Waals surface area contributed by atoms with Gasteiger partial charge in [0.2, 0.25) is 5.91 Å². The highest BCUT2D eigenvalue weighted by molar-refractivity contribution is 9.10. The second-order valence-electron chi connectivity index (χ2n) is 5.97. The molecule has 128 valence electrons. The normalized spacial score (nSPS) is 21.2. The molecule has 2 N–H and O–H groups in total. The Morgan fingerprint density at radius 1 is 1.33 bits per heavy atom. The van der Waals surface area contributed by atoms with Gasteiger partial charge in [-0.2, -0.15) is 0 Å².